The van der Waals surface area contributed by atoms with Crippen molar-refractivity contribution in [3.05, 3.63) is 16.5 Å². The molecule has 0 unspecified atom stereocenters. The first kappa shape index (κ1) is 14.3. The van der Waals surface area contributed by atoms with Gasteiger partial charge in [-0.15, -0.1) is 6.42 Å². The summed E-state index contributed by atoms with van der Waals surface area (Å²) >= 11 is 3.09. The van der Waals surface area contributed by atoms with Gasteiger partial charge in [-0.2, -0.15) is 4.31 Å². The van der Waals surface area contributed by atoms with Crippen LogP contribution < -0.4 is 5.32 Å². The molecule has 0 aliphatic carbocycles. The van der Waals surface area contributed by atoms with Crippen LogP contribution in [0.25, 0.3) is 0 Å². The quantitative estimate of drug-likeness (QED) is 0.823. The molecule has 1 aromatic rings. The Morgan fingerprint density at radius 1 is 1.65 bits per heavy atom. The molecule has 1 heterocycles. The Balaban J connectivity index is 3.11. The van der Waals surface area contributed by atoms with E-state index < -0.39 is 10.0 Å². The van der Waals surface area contributed by atoms with Crippen LogP contribution in [0, 0.1) is 12.3 Å². The van der Waals surface area contributed by atoms with E-state index in [-0.39, 0.29) is 16.1 Å². The third-order valence-electron chi connectivity index (χ3n) is 2.06. The van der Waals surface area contributed by atoms with Crippen LogP contribution in [0.1, 0.15) is 5.76 Å². The van der Waals surface area contributed by atoms with Crippen LogP contribution in [0.15, 0.2) is 20.0 Å². The highest BCUT2D eigenvalue weighted by atomic mass is 79.9. The summed E-state index contributed by atoms with van der Waals surface area (Å²) in [5, 5.41) is 2.88. The fraction of sp³-hybridized carbons (Fsp3) is 0.400. The van der Waals surface area contributed by atoms with Crippen molar-refractivity contribution in [2.75, 3.05) is 20.6 Å². The van der Waals surface area contributed by atoms with Crippen molar-refractivity contribution in [1.29, 1.82) is 0 Å². The summed E-state index contributed by atoms with van der Waals surface area (Å²) in [5.74, 6) is 2.82. The van der Waals surface area contributed by atoms with E-state index in [1.807, 2.05) is 0 Å². The first-order valence-corrected chi connectivity index (χ1v) is 6.99. The van der Waals surface area contributed by atoms with Crippen LogP contribution in [0.4, 0.5) is 0 Å². The van der Waals surface area contributed by atoms with E-state index in [1.54, 1.807) is 7.05 Å². The van der Waals surface area contributed by atoms with Gasteiger partial charge >= 0.3 is 0 Å². The van der Waals surface area contributed by atoms with E-state index in [2.05, 4.69) is 27.2 Å². The number of sulfonamides is 1. The van der Waals surface area contributed by atoms with Gasteiger partial charge in [-0.3, -0.25) is 0 Å². The standard InChI is InChI=1S/C10H13BrN2O3S/c1-4-5-13(3)17(14,15)9-6-8(7-12-2)16-10(9)11/h1,6,12H,5,7H2,2-3H3. The van der Waals surface area contributed by atoms with Crippen molar-refractivity contribution >= 4 is 26.0 Å². The molecule has 0 saturated carbocycles. The van der Waals surface area contributed by atoms with E-state index in [0.29, 0.717) is 12.3 Å². The summed E-state index contributed by atoms with van der Waals surface area (Å²) in [5.41, 5.74) is 0. The molecule has 7 heteroatoms. The number of terminal acetylenes is 1. The summed E-state index contributed by atoms with van der Waals surface area (Å²) in [7, 11) is -0.439. The van der Waals surface area contributed by atoms with Gasteiger partial charge in [-0.25, -0.2) is 8.42 Å². The highest BCUT2D eigenvalue weighted by molar-refractivity contribution is 9.10. The Bertz CT molecular complexity index is 530. The number of nitrogens with one attached hydrogen (secondary N) is 1. The van der Waals surface area contributed by atoms with Gasteiger partial charge in [0.05, 0.1) is 13.1 Å². The largest absolute Gasteiger partial charge is 0.452 e. The second kappa shape index (κ2) is 5.69. The zero-order valence-electron chi connectivity index (χ0n) is 9.53. The fourth-order valence-electron chi connectivity index (χ4n) is 1.22. The van der Waals surface area contributed by atoms with E-state index >= 15 is 0 Å². The SMILES string of the molecule is C#CCN(C)S(=O)(=O)c1cc(CNC)oc1Br. The van der Waals surface area contributed by atoms with Crippen molar-refractivity contribution in [3.8, 4) is 12.3 Å². The van der Waals surface area contributed by atoms with Gasteiger partial charge < -0.3 is 9.73 Å². The maximum atomic E-state index is 12.1. The zero-order chi connectivity index (χ0) is 13.1. The summed E-state index contributed by atoms with van der Waals surface area (Å²) < 4.78 is 30.7. The molecule has 0 aliphatic rings. The van der Waals surface area contributed by atoms with Gasteiger partial charge in [0, 0.05) is 13.1 Å². The van der Waals surface area contributed by atoms with Gasteiger partial charge in [0.1, 0.15) is 10.7 Å². The fourth-order valence-corrected chi connectivity index (χ4v) is 3.26. The molecule has 0 bridgehead atoms. The Hall–Kier alpha value is -0.810. The first-order valence-electron chi connectivity index (χ1n) is 4.76. The lowest BCUT2D eigenvalue weighted by Crippen LogP contribution is -2.27. The third-order valence-corrected chi connectivity index (χ3v) is 4.72. The lowest BCUT2D eigenvalue weighted by atomic mass is 10.4. The Labute approximate surface area is 109 Å². The summed E-state index contributed by atoms with van der Waals surface area (Å²) in [6, 6.07) is 1.48. The van der Waals surface area contributed by atoms with Gasteiger partial charge in [0.25, 0.3) is 0 Å². The summed E-state index contributed by atoms with van der Waals surface area (Å²) in [6.07, 6.45) is 5.09. The summed E-state index contributed by atoms with van der Waals surface area (Å²) in [6.45, 7) is 0.467. The minimum Gasteiger partial charge on any atom is -0.452 e. The molecule has 0 atom stereocenters. The van der Waals surface area contributed by atoms with Gasteiger partial charge in [0.15, 0.2) is 4.67 Å². The maximum absolute atomic E-state index is 12.1. The molecular formula is C10H13BrN2O3S. The average Bonchev–Trinajstić information content (AvgIpc) is 2.61. The van der Waals surface area contributed by atoms with Crippen LogP contribution in [-0.4, -0.2) is 33.4 Å². The van der Waals surface area contributed by atoms with Crippen LogP contribution in [0.3, 0.4) is 0 Å². The number of hydrogen-bond donors (Lipinski definition) is 1. The molecule has 0 saturated heterocycles. The van der Waals surface area contributed by atoms with Gasteiger partial charge in [-0.05, 0) is 23.0 Å². The molecule has 1 rings (SSSR count). The molecule has 0 aromatic carbocycles. The lowest BCUT2D eigenvalue weighted by molar-refractivity contribution is 0.465. The minimum atomic E-state index is -3.61. The van der Waals surface area contributed by atoms with Crippen molar-refractivity contribution in [1.82, 2.24) is 9.62 Å². The van der Waals surface area contributed by atoms with E-state index in [1.165, 1.54) is 13.1 Å². The van der Waals surface area contributed by atoms with Crippen LogP contribution >= 0.6 is 15.9 Å². The predicted octanol–water partition coefficient (Wildman–Crippen LogP) is 1.02. The zero-order valence-corrected chi connectivity index (χ0v) is 11.9. The van der Waals surface area contributed by atoms with Gasteiger partial charge in [0.2, 0.25) is 10.0 Å². The molecule has 94 valence electrons. The van der Waals surface area contributed by atoms with Crippen molar-refractivity contribution in [3.63, 3.8) is 0 Å². The highest BCUT2D eigenvalue weighted by Crippen LogP contribution is 2.28. The lowest BCUT2D eigenvalue weighted by Gasteiger charge is -2.12. The smallest absolute Gasteiger partial charge is 0.248 e. The van der Waals surface area contributed by atoms with Crippen molar-refractivity contribution in [2.24, 2.45) is 0 Å². The van der Waals surface area contributed by atoms with E-state index in [4.69, 9.17) is 10.8 Å². The second-order valence-electron chi connectivity index (χ2n) is 3.35. The molecule has 1 N–H and O–H groups in total. The molecule has 5 nitrogen and oxygen atoms in total. The summed E-state index contributed by atoms with van der Waals surface area (Å²) in [4.78, 5) is 0.0838. The first-order chi connectivity index (χ1) is 7.93. The van der Waals surface area contributed by atoms with Crippen LogP contribution in [0.2, 0.25) is 0 Å². The number of hydrogen-bond acceptors (Lipinski definition) is 4. The Morgan fingerprint density at radius 3 is 2.82 bits per heavy atom. The molecule has 1 aromatic heterocycles. The normalized spacial score (nSPS) is 11.7. The Kier molecular flexibility index (Phi) is 4.77. The number of nitrogens with zero attached hydrogens (tertiary/aromatic N) is 1. The average molecular weight is 321 g/mol. The molecule has 0 amide bonds. The molecule has 17 heavy (non-hydrogen) atoms. The van der Waals surface area contributed by atoms with E-state index in [0.717, 1.165) is 4.31 Å². The topological polar surface area (TPSA) is 62.6 Å². The third kappa shape index (κ3) is 3.10. The van der Waals surface area contributed by atoms with Crippen molar-refractivity contribution < 1.29 is 12.8 Å². The minimum absolute atomic E-state index is 0.0152. The van der Waals surface area contributed by atoms with E-state index in [9.17, 15) is 8.42 Å². The molecular weight excluding hydrogens is 308 g/mol. The van der Waals surface area contributed by atoms with Crippen LogP contribution in [-0.2, 0) is 16.6 Å². The highest BCUT2D eigenvalue weighted by Gasteiger charge is 2.26. The monoisotopic (exact) mass is 320 g/mol. The Morgan fingerprint density at radius 2 is 2.29 bits per heavy atom. The van der Waals surface area contributed by atoms with Gasteiger partial charge in [-0.1, -0.05) is 5.92 Å². The van der Waals surface area contributed by atoms with Crippen molar-refractivity contribution in [2.45, 2.75) is 11.4 Å². The molecule has 0 aliphatic heterocycles. The maximum Gasteiger partial charge on any atom is 0.248 e. The molecule has 0 spiro atoms. The second-order valence-corrected chi connectivity index (χ2v) is 6.08. The molecule has 0 fully saturated rings. The number of rotatable bonds is 5. The predicted molar refractivity (Wildman–Crippen MR) is 67.8 cm³/mol. The molecule has 0 radical (unpaired) electrons. The number of furan rings is 1. The van der Waals surface area contributed by atoms with Crippen LogP contribution in [0.5, 0.6) is 0 Å². The number of halogens is 1.